The summed E-state index contributed by atoms with van der Waals surface area (Å²) in [6.45, 7) is 4.40. The van der Waals surface area contributed by atoms with Crippen LogP contribution >= 0.6 is 0 Å². The highest BCUT2D eigenvalue weighted by molar-refractivity contribution is 5.74. The molecular formula is C27H32FNO3. The van der Waals surface area contributed by atoms with E-state index in [-0.39, 0.29) is 12.5 Å². The molecule has 0 N–H and O–H groups in total. The van der Waals surface area contributed by atoms with Crippen molar-refractivity contribution < 1.29 is 18.7 Å². The average Bonchev–Trinajstić information content (AvgIpc) is 2.83. The van der Waals surface area contributed by atoms with Crippen LogP contribution in [-0.2, 0) is 9.53 Å². The second-order valence-electron chi connectivity index (χ2n) is 8.40. The third-order valence-corrected chi connectivity index (χ3v) is 6.14. The molecule has 0 radical (unpaired) electrons. The van der Waals surface area contributed by atoms with Crippen LogP contribution in [0.25, 0.3) is 11.1 Å². The normalized spacial score (nSPS) is 19.1. The van der Waals surface area contributed by atoms with Gasteiger partial charge in [0.05, 0.1) is 12.2 Å². The van der Waals surface area contributed by atoms with Gasteiger partial charge in [0.2, 0.25) is 0 Å². The maximum atomic E-state index is 13.9. The van der Waals surface area contributed by atoms with Gasteiger partial charge < -0.3 is 9.47 Å². The van der Waals surface area contributed by atoms with E-state index in [1.54, 1.807) is 0 Å². The first-order valence-corrected chi connectivity index (χ1v) is 11.7. The number of ether oxygens (including phenoxy) is 2. The van der Waals surface area contributed by atoms with Gasteiger partial charge >= 0.3 is 5.97 Å². The zero-order valence-corrected chi connectivity index (χ0v) is 19.0. The lowest BCUT2D eigenvalue weighted by Gasteiger charge is -2.29. The Morgan fingerprint density at radius 3 is 2.41 bits per heavy atom. The molecule has 1 aliphatic carbocycles. The fourth-order valence-corrected chi connectivity index (χ4v) is 4.28. The van der Waals surface area contributed by atoms with Crippen molar-refractivity contribution in [3.63, 3.8) is 0 Å². The molecule has 0 heterocycles. The number of alkyl halides is 1. The van der Waals surface area contributed by atoms with Crippen molar-refractivity contribution in [3.8, 4) is 22.9 Å². The second-order valence-corrected chi connectivity index (χ2v) is 8.40. The molecule has 0 saturated heterocycles. The standard InChI is InChI=1S/C27H32FNO3/c1-3-5-6-25(28)27(30)32-24-14-11-20(12-15-24)19-7-9-21(10-8-19)22-13-16-26(31-4-2)23(17-22)18-29/h7-10,13,16-17,20,24-25H,3-6,11-12,14-15H2,1-2H3/t20-,24-,25-/m0/s1. The molecule has 0 spiro atoms. The SMILES string of the molecule is CCCC[C@H](F)C(=O)O[C@H]1CC[C@H](c2ccc(-c3ccc(OCC)c(C#N)c3)cc2)CC1. The van der Waals surface area contributed by atoms with Crippen LogP contribution in [0.3, 0.4) is 0 Å². The van der Waals surface area contributed by atoms with Crippen LogP contribution < -0.4 is 4.74 Å². The van der Waals surface area contributed by atoms with Gasteiger partial charge in [-0.25, -0.2) is 9.18 Å². The third-order valence-electron chi connectivity index (χ3n) is 6.14. The molecule has 5 heteroatoms. The molecule has 2 aromatic carbocycles. The van der Waals surface area contributed by atoms with E-state index in [1.165, 1.54) is 5.56 Å². The number of esters is 1. The highest BCUT2D eigenvalue weighted by atomic mass is 19.1. The van der Waals surface area contributed by atoms with Gasteiger partial charge in [-0.2, -0.15) is 5.26 Å². The Morgan fingerprint density at radius 1 is 1.09 bits per heavy atom. The Morgan fingerprint density at radius 2 is 1.78 bits per heavy atom. The summed E-state index contributed by atoms with van der Waals surface area (Å²) in [5.74, 6) is 0.325. The molecule has 0 unspecified atom stereocenters. The summed E-state index contributed by atoms with van der Waals surface area (Å²) in [5.41, 5.74) is 3.83. The molecule has 4 nitrogen and oxygen atoms in total. The molecule has 1 aliphatic rings. The minimum atomic E-state index is -1.50. The lowest BCUT2D eigenvalue weighted by atomic mass is 9.82. The number of carbonyl (C=O) groups excluding carboxylic acids is 1. The van der Waals surface area contributed by atoms with E-state index in [0.29, 0.717) is 30.3 Å². The summed E-state index contributed by atoms with van der Waals surface area (Å²) in [6.07, 6.45) is 3.53. The largest absolute Gasteiger partial charge is 0.492 e. The van der Waals surface area contributed by atoms with Gasteiger partial charge in [0, 0.05) is 0 Å². The van der Waals surface area contributed by atoms with Gasteiger partial charge in [0.25, 0.3) is 0 Å². The van der Waals surface area contributed by atoms with E-state index in [1.807, 2.05) is 32.0 Å². The van der Waals surface area contributed by atoms with Crippen LogP contribution in [0.5, 0.6) is 5.75 Å². The fraction of sp³-hybridized carbons (Fsp3) is 0.481. The van der Waals surface area contributed by atoms with Crippen LogP contribution in [0, 0.1) is 11.3 Å². The molecule has 32 heavy (non-hydrogen) atoms. The van der Waals surface area contributed by atoms with Crippen LogP contribution in [0.1, 0.15) is 75.8 Å². The van der Waals surface area contributed by atoms with Crippen LogP contribution in [0.15, 0.2) is 42.5 Å². The Bertz CT molecular complexity index is 927. The monoisotopic (exact) mass is 437 g/mol. The van der Waals surface area contributed by atoms with Crippen molar-refractivity contribution in [3.05, 3.63) is 53.6 Å². The lowest BCUT2D eigenvalue weighted by molar-refractivity contribution is -0.157. The number of unbranched alkanes of at least 4 members (excludes halogenated alkanes) is 1. The fourth-order valence-electron chi connectivity index (χ4n) is 4.28. The molecular weight excluding hydrogens is 405 g/mol. The van der Waals surface area contributed by atoms with E-state index < -0.39 is 12.1 Å². The summed E-state index contributed by atoms with van der Waals surface area (Å²) in [5, 5.41) is 9.39. The first-order chi connectivity index (χ1) is 15.5. The first-order valence-electron chi connectivity index (χ1n) is 11.7. The molecule has 3 rings (SSSR count). The average molecular weight is 438 g/mol. The molecule has 0 aliphatic heterocycles. The number of rotatable bonds is 9. The molecule has 1 saturated carbocycles. The molecule has 170 valence electrons. The van der Waals surface area contributed by atoms with Crippen molar-refractivity contribution in [1.29, 1.82) is 5.26 Å². The predicted octanol–water partition coefficient (Wildman–Crippen LogP) is 6.72. The first kappa shape index (κ1) is 23.8. The van der Waals surface area contributed by atoms with Crippen molar-refractivity contribution >= 4 is 5.97 Å². The lowest BCUT2D eigenvalue weighted by Crippen LogP contribution is -2.28. The van der Waals surface area contributed by atoms with Crippen molar-refractivity contribution in [2.75, 3.05) is 6.61 Å². The Balaban J connectivity index is 1.56. The third kappa shape index (κ3) is 6.09. The van der Waals surface area contributed by atoms with Gasteiger partial charge in [-0.3, -0.25) is 0 Å². The maximum absolute atomic E-state index is 13.9. The van der Waals surface area contributed by atoms with E-state index in [2.05, 4.69) is 30.3 Å². The molecule has 0 aromatic heterocycles. The minimum Gasteiger partial charge on any atom is -0.492 e. The van der Waals surface area contributed by atoms with Crippen molar-refractivity contribution in [1.82, 2.24) is 0 Å². The topological polar surface area (TPSA) is 59.3 Å². The number of nitrogens with zero attached hydrogens (tertiary/aromatic N) is 1. The van der Waals surface area contributed by atoms with Crippen molar-refractivity contribution in [2.45, 2.75) is 77.0 Å². The van der Waals surface area contributed by atoms with E-state index in [9.17, 15) is 14.4 Å². The highest BCUT2D eigenvalue weighted by Crippen LogP contribution is 2.35. The number of halogens is 1. The van der Waals surface area contributed by atoms with Gasteiger partial charge in [0.1, 0.15) is 17.9 Å². The Labute approximate surface area is 190 Å². The van der Waals surface area contributed by atoms with E-state index in [4.69, 9.17) is 9.47 Å². The molecule has 1 fully saturated rings. The molecule has 2 aromatic rings. The van der Waals surface area contributed by atoms with Gasteiger partial charge in [-0.1, -0.05) is 50.1 Å². The number of hydrogen-bond acceptors (Lipinski definition) is 4. The summed E-state index contributed by atoms with van der Waals surface area (Å²) >= 11 is 0. The summed E-state index contributed by atoms with van der Waals surface area (Å²) in [7, 11) is 0. The second kappa shape index (κ2) is 11.7. The zero-order valence-electron chi connectivity index (χ0n) is 19.0. The minimum absolute atomic E-state index is 0.175. The summed E-state index contributed by atoms with van der Waals surface area (Å²) in [4.78, 5) is 11.9. The van der Waals surface area contributed by atoms with E-state index in [0.717, 1.165) is 43.2 Å². The predicted molar refractivity (Wildman–Crippen MR) is 123 cm³/mol. The molecule has 1 atom stereocenters. The summed E-state index contributed by atoms with van der Waals surface area (Å²) in [6, 6.07) is 16.3. The van der Waals surface area contributed by atoms with Crippen LogP contribution in [-0.4, -0.2) is 24.9 Å². The molecule has 0 bridgehead atoms. The van der Waals surface area contributed by atoms with Crippen LogP contribution in [0.2, 0.25) is 0 Å². The quantitative estimate of drug-likeness (QED) is 0.409. The van der Waals surface area contributed by atoms with Gasteiger partial charge in [-0.15, -0.1) is 0 Å². The van der Waals surface area contributed by atoms with Gasteiger partial charge in [-0.05, 0) is 73.8 Å². The number of nitriles is 1. The Kier molecular flexibility index (Phi) is 8.67. The Hall–Kier alpha value is -2.87. The number of benzene rings is 2. The van der Waals surface area contributed by atoms with Crippen molar-refractivity contribution in [2.24, 2.45) is 0 Å². The van der Waals surface area contributed by atoms with Crippen LogP contribution in [0.4, 0.5) is 4.39 Å². The maximum Gasteiger partial charge on any atom is 0.340 e. The summed E-state index contributed by atoms with van der Waals surface area (Å²) < 4.78 is 24.8. The number of carbonyl (C=O) groups is 1. The zero-order chi connectivity index (χ0) is 22.9. The molecule has 0 amide bonds. The van der Waals surface area contributed by atoms with Gasteiger partial charge in [0.15, 0.2) is 6.17 Å². The highest BCUT2D eigenvalue weighted by Gasteiger charge is 2.27. The smallest absolute Gasteiger partial charge is 0.340 e. The number of hydrogen-bond donors (Lipinski definition) is 0. The van der Waals surface area contributed by atoms with E-state index >= 15 is 0 Å².